The minimum absolute atomic E-state index is 0.0435. The van der Waals surface area contributed by atoms with Crippen LogP contribution in [0.25, 0.3) is 0 Å². The number of ether oxygens (including phenoxy) is 1. The maximum absolute atomic E-state index is 9.03. The summed E-state index contributed by atoms with van der Waals surface area (Å²) < 4.78 is 5.80. The molecule has 0 N–H and O–H groups in total. The quantitative estimate of drug-likeness (QED) is 0.810. The van der Waals surface area contributed by atoms with Crippen LogP contribution in [0.4, 0.5) is 0 Å². The molecule has 21 heavy (non-hydrogen) atoms. The van der Waals surface area contributed by atoms with Gasteiger partial charge in [-0.2, -0.15) is 10.5 Å². The van der Waals surface area contributed by atoms with Crippen molar-refractivity contribution in [1.82, 2.24) is 0 Å². The first-order chi connectivity index (χ1) is 9.94. The lowest BCUT2D eigenvalue weighted by Crippen LogP contribution is -2.10. The van der Waals surface area contributed by atoms with Crippen molar-refractivity contribution in [3.05, 3.63) is 59.2 Å². The van der Waals surface area contributed by atoms with Crippen molar-refractivity contribution in [3.63, 3.8) is 0 Å². The standard InChI is InChI=1S/C18H16N2O/c1-18(2,3)15-5-4-6-16(10-15)21-17-8-7-13(11-19)14(9-17)12-20/h4-10H,1-3H3. The molecule has 0 saturated heterocycles. The minimum Gasteiger partial charge on any atom is -0.457 e. The highest BCUT2D eigenvalue weighted by atomic mass is 16.5. The molecule has 3 heteroatoms. The fraction of sp³-hybridized carbons (Fsp3) is 0.222. The van der Waals surface area contributed by atoms with Crippen LogP contribution in [0.3, 0.4) is 0 Å². The summed E-state index contributed by atoms with van der Waals surface area (Å²) in [5, 5.41) is 17.9. The maximum atomic E-state index is 9.03. The van der Waals surface area contributed by atoms with Crippen LogP contribution in [-0.2, 0) is 5.41 Å². The van der Waals surface area contributed by atoms with Gasteiger partial charge in [-0.1, -0.05) is 32.9 Å². The van der Waals surface area contributed by atoms with E-state index in [4.69, 9.17) is 15.3 Å². The normalized spacial score (nSPS) is 10.5. The molecule has 0 amide bonds. The Morgan fingerprint density at radius 2 is 1.52 bits per heavy atom. The lowest BCUT2D eigenvalue weighted by molar-refractivity contribution is 0.478. The average molecular weight is 276 g/mol. The molecule has 0 heterocycles. The molecular formula is C18H16N2O. The monoisotopic (exact) mass is 276 g/mol. The number of hydrogen-bond donors (Lipinski definition) is 0. The van der Waals surface area contributed by atoms with Crippen molar-refractivity contribution in [1.29, 1.82) is 10.5 Å². The van der Waals surface area contributed by atoms with E-state index in [-0.39, 0.29) is 5.41 Å². The molecule has 2 aromatic rings. The minimum atomic E-state index is 0.0435. The average Bonchev–Trinajstić information content (AvgIpc) is 2.46. The zero-order valence-corrected chi connectivity index (χ0v) is 12.3. The first-order valence-corrected chi connectivity index (χ1v) is 6.66. The molecule has 0 fully saturated rings. The van der Waals surface area contributed by atoms with E-state index >= 15 is 0 Å². The highest BCUT2D eigenvalue weighted by molar-refractivity contribution is 5.50. The van der Waals surface area contributed by atoms with E-state index < -0.39 is 0 Å². The Morgan fingerprint density at radius 3 is 2.14 bits per heavy atom. The number of benzene rings is 2. The van der Waals surface area contributed by atoms with E-state index in [2.05, 4.69) is 26.8 Å². The molecule has 0 saturated carbocycles. The molecule has 0 aliphatic rings. The van der Waals surface area contributed by atoms with Gasteiger partial charge in [-0.05, 0) is 41.3 Å². The van der Waals surface area contributed by atoms with Crippen LogP contribution < -0.4 is 4.74 Å². The van der Waals surface area contributed by atoms with Crippen LogP contribution in [0.2, 0.25) is 0 Å². The smallest absolute Gasteiger partial charge is 0.128 e. The third-order valence-electron chi connectivity index (χ3n) is 3.17. The number of rotatable bonds is 2. The van der Waals surface area contributed by atoms with E-state index in [9.17, 15) is 0 Å². The number of nitriles is 2. The topological polar surface area (TPSA) is 56.8 Å². The third kappa shape index (κ3) is 3.41. The van der Waals surface area contributed by atoms with Crippen molar-refractivity contribution in [2.24, 2.45) is 0 Å². The largest absolute Gasteiger partial charge is 0.457 e. The second kappa shape index (κ2) is 5.69. The Morgan fingerprint density at radius 1 is 0.857 bits per heavy atom. The molecule has 0 bridgehead atoms. The number of nitrogens with zero attached hydrogens (tertiary/aromatic N) is 2. The molecule has 0 aliphatic heterocycles. The molecule has 0 radical (unpaired) electrons. The lowest BCUT2D eigenvalue weighted by Gasteiger charge is -2.19. The zero-order valence-electron chi connectivity index (χ0n) is 12.3. The first kappa shape index (κ1) is 14.6. The predicted octanol–water partition coefficient (Wildman–Crippen LogP) is 4.52. The summed E-state index contributed by atoms with van der Waals surface area (Å²) in [5.74, 6) is 1.27. The summed E-state index contributed by atoms with van der Waals surface area (Å²) in [6, 6.07) is 16.8. The molecule has 0 atom stereocenters. The zero-order chi connectivity index (χ0) is 15.5. The predicted molar refractivity (Wildman–Crippen MR) is 81.1 cm³/mol. The molecule has 104 valence electrons. The second-order valence-electron chi connectivity index (χ2n) is 5.81. The van der Waals surface area contributed by atoms with Crippen LogP contribution in [0.15, 0.2) is 42.5 Å². The van der Waals surface area contributed by atoms with E-state index in [1.54, 1.807) is 18.2 Å². The van der Waals surface area contributed by atoms with Crippen molar-refractivity contribution in [3.8, 4) is 23.6 Å². The summed E-state index contributed by atoms with van der Waals surface area (Å²) in [7, 11) is 0. The Kier molecular flexibility index (Phi) is 3.96. The fourth-order valence-electron chi connectivity index (χ4n) is 1.94. The molecular weight excluding hydrogens is 260 g/mol. The first-order valence-electron chi connectivity index (χ1n) is 6.66. The van der Waals surface area contributed by atoms with E-state index in [1.165, 1.54) is 5.56 Å². The summed E-state index contributed by atoms with van der Waals surface area (Å²) in [6.45, 7) is 6.42. The highest BCUT2D eigenvalue weighted by Crippen LogP contribution is 2.29. The SMILES string of the molecule is CC(C)(C)c1cccc(Oc2ccc(C#N)c(C#N)c2)c1. The van der Waals surface area contributed by atoms with Crippen molar-refractivity contribution in [2.75, 3.05) is 0 Å². The molecule has 2 rings (SSSR count). The van der Waals surface area contributed by atoms with Crippen molar-refractivity contribution < 1.29 is 4.74 Å². The van der Waals surface area contributed by atoms with Crippen molar-refractivity contribution >= 4 is 0 Å². The molecule has 3 nitrogen and oxygen atoms in total. The van der Waals surface area contributed by atoms with Gasteiger partial charge in [0, 0.05) is 0 Å². The van der Waals surface area contributed by atoms with E-state index in [1.807, 2.05) is 30.3 Å². The summed E-state index contributed by atoms with van der Waals surface area (Å²) in [4.78, 5) is 0. The van der Waals surface area contributed by atoms with Crippen LogP contribution in [-0.4, -0.2) is 0 Å². The molecule has 0 aliphatic carbocycles. The third-order valence-corrected chi connectivity index (χ3v) is 3.17. The summed E-state index contributed by atoms with van der Waals surface area (Å²) in [5.41, 5.74) is 1.89. The van der Waals surface area contributed by atoms with E-state index in [0.717, 1.165) is 5.75 Å². The van der Waals surface area contributed by atoms with Crippen LogP contribution in [0.5, 0.6) is 11.5 Å². The van der Waals surface area contributed by atoms with Crippen LogP contribution >= 0.6 is 0 Å². The Labute approximate surface area is 125 Å². The second-order valence-corrected chi connectivity index (χ2v) is 5.81. The van der Waals surface area contributed by atoms with Gasteiger partial charge < -0.3 is 4.74 Å². The van der Waals surface area contributed by atoms with Crippen LogP contribution in [0.1, 0.15) is 37.5 Å². The number of hydrogen-bond acceptors (Lipinski definition) is 3. The molecule has 0 aromatic heterocycles. The van der Waals surface area contributed by atoms with Crippen molar-refractivity contribution in [2.45, 2.75) is 26.2 Å². The van der Waals surface area contributed by atoms with Gasteiger partial charge in [0.05, 0.1) is 11.1 Å². The Hall–Kier alpha value is -2.78. The van der Waals surface area contributed by atoms with Gasteiger partial charge in [0.15, 0.2) is 0 Å². The van der Waals surface area contributed by atoms with Gasteiger partial charge in [-0.25, -0.2) is 0 Å². The van der Waals surface area contributed by atoms with Crippen LogP contribution in [0, 0.1) is 22.7 Å². The van der Waals surface area contributed by atoms with Gasteiger partial charge in [-0.3, -0.25) is 0 Å². The van der Waals surface area contributed by atoms with Gasteiger partial charge in [0.1, 0.15) is 23.6 Å². The van der Waals surface area contributed by atoms with Gasteiger partial charge in [0.25, 0.3) is 0 Å². The fourth-order valence-corrected chi connectivity index (χ4v) is 1.94. The van der Waals surface area contributed by atoms with Gasteiger partial charge in [-0.15, -0.1) is 0 Å². The Balaban J connectivity index is 2.31. The summed E-state index contributed by atoms with van der Waals surface area (Å²) >= 11 is 0. The molecule has 0 spiro atoms. The Bertz CT molecular complexity index is 743. The van der Waals surface area contributed by atoms with Gasteiger partial charge >= 0.3 is 0 Å². The highest BCUT2D eigenvalue weighted by Gasteiger charge is 2.14. The van der Waals surface area contributed by atoms with E-state index in [0.29, 0.717) is 16.9 Å². The lowest BCUT2D eigenvalue weighted by atomic mass is 9.87. The summed E-state index contributed by atoms with van der Waals surface area (Å²) in [6.07, 6.45) is 0. The maximum Gasteiger partial charge on any atom is 0.128 e. The van der Waals surface area contributed by atoms with Gasteiger partial charge in [0.2, 0.25) is 0 Å². The molecule has 0 unspecified atom stereocenters. The molecule has 2 aromatic carbocycles.